The van der Waals surface area contributed by atoms with E-state index in [1.54, 1.807) is 6.92 Å². The van der Waals surface area contributed by atoms with E-state index < -0.39 is 19.9 Å². The van der Waals surface area contributed by atoms with Gasteiger partial charge in [0.05, 0.1) is 6.42 Å². The van der Waals surface area contributed by atoms with Crippen LogP contribution in [0.3, 0.4) is 0 Å². The Morgan fingerprint density at radius 2 is 2.21 bits per heavy atom. The fraction of sp³-hybridized carbons (Fsp3) is 0.429. The maximum Gasteiger partial charge on any atom is 0.364 e. The summed E-state index contributed by atoms with van der Waals surface area (Å²) in [6.45, 7) is 1.68. The van der Waals surface area contributed by atoms with E-state index in [0.29, 0.717) is 0 Å². The lowest BCUT2D eigenvalue weighted by Crippen LogP contribution is -2.44. The van der Waals surface area contributed by atoms with Crippen LogP contribution in [0.4, 0.5) is 0 Å². The molecule has 7 heteroatoms. The van der Waals surface area contributed by atoms with Crippen LogP contribution in [0.15, 0.2) is 23.8 Å². The molecule has 0 bridgehead atoms. The van der Waals surface area contributed by atoms with Gasteiger partial charge in [-0.15, -0.1) is 0 Å². The standard InChI is InChI=1S/C7H9NO5S/c1-6-2-4-7(5-3-6,8(9)10)14(11,12)13/h2-4H,5H2,1H3,(H,11,12,13). The Bertz CT molecular complexity index is 421. The molecule has 0 aliphatic heterocycles. The minimum Gasteiger partial charge on any atom is -0.280 e. The highest BCUT2D eigenvalue weighted by Crippen LogP contribution is 2.28. The average molecular weight is 219 g/mol. The van der Waals surface area contributed by atoms with Crippen molar-refractivity contribution in [1.82, 2.24) is 0 Å². The van der Waals surface area contributed by atoms with Gasteiger partial charge in [0.15, 0.2) is 0 Å². The SMILES string of the molecule is CC1=CCC([N+](=O)[O-])(S(=O)(=O)O)C=C1. The zero-order valence-electron chi connectivity index (χ0n) is 7.37. The van der Waals surface area contributed by atoms with Crippen LogP contribution in [0, 0.1) is 10.1 Å². The third-order valence-electron chi connectivity index (χ3n) is 2.08. The maximum absolute atomic E-state index is 10.9. The Morgan fingerprint density at radius 1 is 1.64 bits per heavy atom. The number of hydrogen-bond donors (Lipinski definition) is 1. The zero-order valence-corrected chi connectivity index (χ0v) is 8.19. The molecule has 0 amide bonds. The summed E-state index contributed by atoms with van der Waals surface area (Å²) >= 11 is 0. The number of hydrogen-bond acceptors (Lipinski definition) is 4. The van der Waals surface area contributed by atoms with Crippen molar-refractivity contribution in [3.63, 3.8) is 0 Å². The van der Waals surface area contributed by atoms with Crippen molar-refractivity contribution < 1.29 is 17.9 Å². The Kier molecular flexibility index (Phi) is 2.47. The molecule has 1 aliphatic rings. The summed E-state index contributed by atoms with van der Waals surface area (Å²) in [4.78, 5) is 7.21. The molecule has 0 saturated carbocycles. The predicted molar refractivity (Wildman–Crippen MR) is 48.8 cm³/mol. The molecule has 0 saturated heterocycles. The van der Waals surface area contributed by atoms with Crippen LogP contribution < -0.4 is 0 Å². The molecule has 1 aliphatic carbocycles. The van der Waals surface area contributed by atoms with E-state index in [1.807, 2.05) is 0 Å². The van der Waals surface area contributed by atoms with Gasteiger partial charge >= 0.3 is 15.0 Å². The molecule has 78 valence electrons. The lowest BCUT2D eigenvalue weighted by Gasteiger charge is -2.19. The van der Waals surface area contributed by atoms with Crippen LogP contribution in [-0.2, 0) is 10.1 Å². The molecule has 0 aromatic carbocycles. The van der Waals surface area contributed by atoms with E-state index in [-0.39, 0.29) is 6.42 Å². The van der Waals surface area contributed by atoms with Crippen LogP contribution in [0.1, 0.15) is 13.3 Å². The fourth-order valence-electron chi connectivity index (χ4n) is 1.13. The summed E-state index contributed by atoms with van der Waals surface area (Å²) in [5, 5.41) is 10.6. The molecular weight excluding hydrogens is 210 g/mol. The molecule has 0 spiro atoms. The minimum absolute atomic E-state index is 0.346. The zero-order chi connectivity index (χ0) is 11.0. The van der Waals surface area contributed by atoms with Crippen LogP contribution >= 0.6 is 0 Å². The average Bonchev–Trinajstić information content (AvgIpc) is 2.02. The molecule has 1 rings (SSSR count). The molecule has 1 unspecified atom stereocenters. The Morgan fingerprint density at radius 3 is 2.50 bits per heavy atom. The molecule has 6 nitrogen and oxygen atoms in total. The third kappa shape index (κ3) is 1.55. The summed E-state index contributed by atoms with van der Waals surface area (Å²) in [6.07, 6.45) is 3.26. The number of nitrogens with zero attached hydrogens (tertiary/aromatic N) is 1. The van der Waals surface area contributed by atoms with Gasteiger partial charge in [0.1, 0.15) is 0 Å². The van der Waals surface area contributed by atoms with E-state index in [4.69, 9.17) is 4.55 Å². The first-order chi connectivity index (χ1) is 6.29. The predicted octanol–water partition coefficient (Wildman–Crippen LogP) is 0.753. The summed E-state index contributed by atoms with van der Waals surface area (Å²) in [6, 6.07) is 0. The van der Waals surface area contributed by atoms with Gasteiger partial charge in [0.25, 0.3) is 0 Å². The highest BCUT2D eigenvalue weighted by Gasteiger charge is 2.53. The largest absolute Gasteiger partial charge is 0.364 e. The van der Waals surface area contributed by atoms with Crippen LogP contribution in [0.2, 0.25) is 0 Å². The smallest absolute Gasteiger partial charge is 0.280 e. The minimum atomic E-state index is -4.74. The van der Waals surface area contributed by atoms with E-state index >= 15 is 0 Å². The fourth-order valence-corrected chi connectivity index (χ4v) is 1.85. The lowest BCUT2D eigenvalue weighted by atomic mass is 10.0. The molecule has 1 N–H and O–H groups in total. The van der Waals surface area contributed by atoms with Gasteiger partial charge in [-0.25, -0.2) is 0 Å². The molecule has 0 heterocycles. The van der Waals surface area contributed by atoms with E-state index in [0.717, 1.165) is 11.6 Å². The van der Waals surface area contributed by atoms with Gasteiger partial charge in [0, 0.05) is 11.0 Å². The van der Waals surface area contributed by atoms with Gasteiger partial charge < -0.3 is 0 Å². The first-order valence-corrected chi connectivity index (χ1v) is 5.21. The summed E-state index contributed by atoms with van der Waals surface area (Å²) < 4.78 is 30.6. The number of rotatable bonds is 2. The van der Waals surface area contributed by atoms with Crippen molar-refractivity contribution in [2.24, 2.45) is 0 Å². The molecule has 1 atom stereocenters. The van der Waals surface area contributed by atoms with E-state index in [2.05, 4.69) is 0 Å². The van der Waals surface area contributed by atoms with Crippen LogP contribution in [0.25, 0.3) is 0 Å². The maximum atomic E-state index is 10.9. The van der Waals surface area contributed by atoms with Crippen molar-refractivity contribution in [2.45, 2.75) is 18.2 Å². The second-order valence-corrected chi connectivity index (χ2v) is 4.72. The van der Waals surface area contributed by atoms with Gasteiger partial charge in [0.2, 0.25) is 0 Å². The molecule has 0 aromatic heterocycles. The molecule has 0 aromatic rings. The molecule has 0 fully saturated rings. The molecular formula is C7H9NO5S. The summed E-state index contributed by atoms with van der Waals surface area (Å²) in [5.41, 5.74) is 0.728. The van der Waals surface area contributed by atoms with Gasteiger partial charge in [-0.2, -0.15) is 8.42 Å². The summed E-state index contributed by atoms with van der Waals surface area (Å²) in [5.74, 6) is 0. The second kappa shape index (κ2) is 3.18. The third-order valence-corrected chi connectivity index (χ3v) is 3.42. The Balaban J connectivity index is 3.26. The highest BCUT2D eigenvalue weighted by molar-refractivity contribution is 7.87. The Labute approximate surface area is 80.8 Å². The van der Waals surface area contributed by atoms with Crippen molar-refractivity contribution in [3.05, 3.63) is 33.9 Å². The van der Waals surface area contributed by atoms with Gasteiger partial charge in [-0.05, 0) is 6.92 Å². The topological polar surface area (TPSA) is 97.5 Å². The van der Waals surface area contributed by atoms with E-state index in [1.165, 1.54) is 12.2 Å². The second-order valence-electron chi connectivity index (χ2n) is 3.06. The number of allylic oxidation sites excluding steroid dienone is 2. The van der Waals surface area contributed by atoms with E-state index in [9.17, 15) is 18.5 Å². The summed E-state index contributed by atoms with van der Waals surface area (Å²) in [7, 11) is -4.74. The highest BCUT2D eigenvalue weighted by atomic mass is 32.2. The molecule has 14 heavy (non-hydrogen) atoms. The van der Waals surface area contributed by atoms with Crippen LogP contribution in [0.5, 0.6) is 0 Å². The Hall–Kier alpha value is -1.21. The van der Waals surface area contributed by atoms with Crippen molar-refractivity contribution >= 4 is 10.1 Å². The molecule has 0 radical (unpaired) electrons. The normalized spacial score (nSPS) is 27.1. The lowest BCUT2D eigenvalue weighted by molar-refractivity contribution is -0.527. The van der Waals surface area contributed by atoms with Crippen molar-refractivity contribution in [3.8, 4) is 0 Å². The monoisotopic (exact) mass is 219 g/mol. The van der Waals surface area contributed by atoms with Crippen molar-refractivity contribution in [2.75, 3.05) is 0 Å². The number of nitro groups is 1. The van der Waals surface area contributed by atoms with Gasteiger partial charge in [-0.3, -0.25) is 14.7 Å². The quantitative estimate of drug-likeness (QED) is 0.420. The van der Waals surface area contributed by atoms with Crippen molar-refractivity contribution in [1.29, 1.82) is 0 Å². The first-order valence-electron chi connectivity index (χ1n) is 3.77. The van der Waals surface area contributed by atoms with Gasteiger partial charge in [-0.1, -0.05) is 17.7 Å². The van der Waals surface area contributed by atoms with Crippen LogP contribution in [-0.4, -0.2) is 22.8 Å². The first kappa shape index (κ1) is 10.9.